The predicted molar refractivity (Wildman–Crippen MR) is 72.3 cm³/mol. The van der Waals surface area contributed by atoms with E-state index >= 15 is 0 Å². The van der Waals surface area contributed by atoms with E-state index in [9.17, 15) is 0 Å². The van der Waals surface area contributed by atoms with Crippen LogP contribution in [0.25, 0.3) is 0 Å². The van der Waals surface area contributed by atoms with Gasteiger partial charge in [0.25, 0.3) is 0 Å². The lowest BCUT2D eigenvalue weighted by atomic mass is 10.0. The molecular formula is C13H20ClN3. The van der Waals surface area contributed by atoms with Gasteiger partial charge in [-0.2, -0.15) is 0 Å². The summed E-state index contributed by atoms with van der Waals surface area (Å²) in [6.07, 6.45) is 0. The molecule has 1 aliphatic heterocycles. The Morgan fingerprint density at radius 3 is 2.47 bits per heavy atom. The highest BCUT2D eigenvalue weighted by Gasteiger charge is 2.23. The van der Waals surface area contributed by atoms with Crippen molar-refractivity contribution in [3.63, 3.8) is 0 Å². The van der Waals surface area contributed by atoms with E-state index in [1.54, 1.807) is 0 Å². The Kier molecular flexibility index (Phi) is 4.40. The fourth-order valence-corrected chi connectivity index (χ4v) is 2.61. The van der Waals surface area contributed by atoms with Gasteiger partial charge in [0.05, 0.1) is 0 Å². The molecule has 0 aromatic heterocycles. The highest BCUT2D eigenvalue weighted by molar-refractivity contribution is 6.31. The number of likely N-dealkylation sites (N-methyl/N-ethyl adjacent to an activating group) is 1. The van der Waals surface area contributed by atoms with Gasteiger partial charge in [-0.15, -0.1) is 0 Å². The van der Waals surface area contributed by atoms with Crippen molar-refractivity contribution < 1.29 is 0 Å². The summed E-state index contributed by atoms with van der Waals surface area (Å²) in [7, 11) is 2.16. The van der Waals surface area contributed by atoms with Crippen LogP contribution in [0.5, 0.6) is 0 Å². The zero-order valence-corrected chi connectivity index (χ0v) is 11.0. The normalized spacial score (nSPS) is 20.4. The molecule has 1 aromatic carbocycles. The van der Waals surface area contributed by atoms with Gasteiger partial charge < -0.3 is 10.6 Å². The van der Waals surface area contributed by atoms with E-state index in [4.69, 9.17) is 17.3 Å². The lowest BCUT2D eigenvalue weighted by molar-refractivity contribution is 0.114. The summed E-state index contributed by atoms with van der Waals surface area (Å²) < 4.78 is 0. The van der Waals surface area contributed by atoms with Gasteiger partial charge in [0, 0.05) is 43.8 Å². The minimum Gasteiger partial charge on any atom is -0.329 e. The van der Waals surface area contributed by atoms with E-state index in [0.717, 1.165) is 36.8 Å². The van der Waals surface area contributed by atoms with Crippen molar-refractivity contribution >= 4 is 11.6 Å². The first-order chi connectivity index (χ1) is 8.22. The molecule has 1 aliphatic rings. The van der Waals surface area contributed by atoms with Crippen LogP contribution in [0.4, 0.5) is 0 Å². The number of hydrogen-bond donors (Lipinski definition) is 1. The van der Waals surface area contributed by atoms with Crippen LogP contribution in [0.3, 0.4) is 0 Å². The molecule has 1 unspecified atom stereocenters. The molecule has 2 rings (SSSR count). The molecule has 0 spiro atoms. The number of nitrogens with zero attached hydrogens (tertiary/aromatic N) is 2. The minimum absolute atomic E-state index is 0.248. The van der Waals surface area contributed by atoms with Crippen LogP contribution < -0.4 is 5.73 Å². The molecule has 2 N–H and O–H groups in total. The van der Waals surface area contributed by atoms with Crippen molar-refractivity contribution in [1.29, 1.82) is 0 Å². The van der Waals surface area contributed by atoms with Gasteiger partial charge >= 0.3 is 0 Å². The fraction of sp³-hybridized carbons (Fsp3) is 0.538. The Morgan fingerprint density at radius 1 is 1.24 bits per heavy atom. The molecule has 0 bridgehead atoms. The lowest BCUT2D eigenvalue weighted by Crippen LogP contribution is -2.47. The quantitative estimate of drug-likeness (QED) is 0.888. The Bertz CT molecular complexity index is 361. The molecule has 17 heavy (non-hydrogen) atoms. The van der Waals surface area contributed by atoms with Gasteiger partial charge in [-0.25, -0.2) is 0 Å². The molecule has 0 amide bonds. The summed E-state index contributed by atoms with van der Waals surface area (Å²) in [6, 6.07) is 8.26. The fourth-order valence-electron chi connectivity index (χ4n) is 2.35. The van der Waals surface area contributed by atoms with Crippen molar-refractivity contribution in [2.75, 3.05) is 39.8 Å². The van der Waals surface area contributed by atoms with Crippen molar-refractivity contribution in [1.82, 2.24) is 9.80 Å². The molecule has 94 valence electrons. The first kappa shape index (κ1) is 12.8. The summed E-state index contributed by atoms with van der Waals surface area (Å²) in [5, 5.41) is 0.821. The monoisotopic (exact) mass is 253 g/mol. The Balaban J connectivity index is 2.14. The third kappa shape index (κ3) is 2.99. The molecule has 1 atom stereocenters. The van der Waals surface area contributed by atoms with E-state index in [1.165, 1.54) is 0 Å². The highest BCUT2D eigenvalue weighted by atomic mass is 35.5. The van der Waals surface area contributed by atoms with E-state index in [0.29, 0.717) is 6.54 Å². The van der Waals surface area contributed by atoms with E-state index < -0.39 is 0 Å². The molecule has 0 saturated carbocycles. The first-order valence-corrected chi connectivity index (χ1v) is 6.47. The molecule has 0 radical (unpaired) electrons. The predicted octanol–water partition coefficient (Wildman–Crippen LogP) is 1.59. The van der Waals surface area contributed by atoms with Gasteiger partial charge in [-0.1, -0.05) is 29.8 Å². The molecule has 1 fully saturated rings. The molecule has 3 nitrogen and oxygen atoms in total. The zero-order chi connectivity index (χ0) is 12.3. The molecule has 1 heterocycles. The minimum atomic E-state index is 0.248. The van der Waals surface area contributed by atoms with Crippen LogP contribution in [-0.2, 0) is 0 Å². The average Bonchev–Trinajstić information content (AvgIpc) is 2.35. The van der Waals surface area contributed by atoms with Crippen LogP contribution in [0.2, 0.25) is 5.02 Å². The Hall–Kier alpha value is -0.610. The van der Waals surface area contributed by atoms with Crippen LogP contribution in [0.1, 0.15) is 11.6 Å². The van der Waals surface area contributed by atoms with E-state index in [-0.39, 0.29) is 6.04 Å². The summed E-state index contributed by atoms with van der Waals surface area (Å²) in [6.45, 7) is 4.93. The molecule has 4 heteroatoms. The average molecular weight is 254 g/mol. The maximum Gasteiger partial charge on any atom is 0.0486 e. The standard InChI is InChI=1S/C13H20ClN3/c1-16-6-8-17(9-7-16)13(10-15)11-4-2-3-5-12(11)14/h2-5,13H,6-10,15H2,1H3. The van der Waals surface area contributed by atoms with Crippen LogP contribution in [0, 0.1) is 0 Å². The van der Waals surface area contributed by atoms with Crippen molar-refractivity contribution in [3.05, 3.63) is 34.9 Å². The van der Waals surface area contributed by atoms with Crippen LogP contribution in [0.15, 0.2) is 24.3 Å². The summed E-state index contributed by atoms with van der Waals surface area (Å²) >= 11 is 6.25. The van der Waals surface area contributed by atoms with Crippen LogP contribution >= 0.6 is 11.6 Å². The first-order valence-electron chi connectivity index (χ1n) is 6.09. The second-order valence-electron chi connectivity index (χ2n) is 4.61. The van der Waals surface area contributed by atoms with Gasteiger partial charge in [0.15, 0.2) is 0 Å². The number of hydrogen-bond acceptors (Lipinski definition) is 3. The highest BCUT2D eigenvalue weighted by Crippen LogP contribution is 2.27. The van der Waals surface area contributed by atoms with Crippen LogP contribution in [-0.4, -0.2) is 49.6 Å². The number of rotatable bonds is 3. The zero-order valence-electron chi connectivity index (χ0n) is 10.3. The third-order valence-corrected chi connectivity index (χ3v) is 3.81. The Labute approximate surface area is 108 Å². The second-order valence-corrected chi connectivity index (χ2v) is 5.02. The molecule has 0 aliphatic carbocycles. The largest absolute Gasteiger partial charge is 0.329 e. The molecular weight excluding hydrogens is 234 g/mol. The van der Waals surface area contributed by atoms with Crippen molar-refractivity contribution in [2.24, 2.45) is 5.73 Å². The summed E-state index contributed by atoms with van der Waals surface area (Å²) in [5.41, 5.74) is 7.08. The SMILES string of the molecule is CN1CCN(C(CN)c2ccccc2Cl)CC1. The van der Waals surface area contributed by atoms with E-state index in [1.807, 2.05) is 18.2 Å². The van der Waals surface area contributed by atoms with Gasteiger partial charge in [0.1, 0.15) is 0 Å². The van der Waals surface area contributed by atoms with Crippen molar-refractivity contribution in [2.45, 2.75) is 6.04 Å². The maximum absolute atomic E-state index is 6.25. The van der Waals surface area contributed by atoms with E-state index in [2.05, 4.69) is 22.9 Å². The lowest BCUT2D eigenvalue weighted by Gasteiger charge is -2.38. The van der Waals surface area contributed by atoms with Gasteiger partial charge in [-0.05, 0) is 18.7 Å². The maximum atomic E-state index is 6.25. The molecule has 1 saturated heterocycles. The Morgan fingerprint density at radius 2 is 1.88 bits per heavy atom. The molecule has 1 aromatic rings. The number of nitrogens with two attached hydrogens (primary N) is 1. The topological polar surface area (TPSA) is 32.5 Å². The summed E-state index contributed by atoms with van der Waals surface area (Å²) in [4.78, 5) is 4.78. The second kappa shape index (κ2) is 5.83. The number of benzene rings is 1. The third-order valence-electron chi connectivity index (χ3n) is 3.47. The van der Waals surface area contributed by atoms with Gasteiger partial charge in [0.2, 0.25) is 0 Å². The summed E-state index contributed by atoms with van der Waals surface area (Å²) in [5.74, 6) is 0. The smallest absolute Gasteiger partial charge is 0.0486 e. The number of halogens is 1. The number of piperazine rings is 1. The van der Waals surface area contributed by atoms with Crippen molar-refractivity contribution in [3.8, 4) is 0 Å². The van der Waals surface area contributed by atoms with Gasteiger partial charge in [-0.3, -0.25) is 4.90 Å².